The third-order valence-corrected chi connectivity index (χ3v) is 5.24. The minimum Gasteiger partial charge on any atom is -0.384 e. The number of rotatable bonds is 6. The molecule has 158 valence electrons. The molecule has 3 heterocycles. The lowest BCUT2D eigenvalue weighted by molar-refractivity contribution is 0.0963. The Bertz CT molecular complexity index is 1230. The molecule has 0 aliphatic carbocycles. The second-order valence-electron chi connectivity index (χ2n) is 7.93. The van der Waals surface area contributed by atoms with Gasteiger partial charge in [-0.05, 0) is 35.9 Å². The molecule has 0 saturated carbocycles. The number of nitrogens with zero attached hydrogens (tertiary/aromatic N) is 4. The van der Waals surface area contributed by atoms with E-state index in [0.29, 0.717) is 35.1 Å². The molecule has 0 unspecified atom stereocenters. The summed E-state index contributed by atoms with van der Waals surface area (Å²) in [6, 6.07) is 13.3. The molecular formula is C22H24N8O. The molecule has 0 saturated heterocycles. The topological polar surface area (TPSA) is 134 Å². The largest absolute Gasteiger partial charge is 0.384 e. The van der Waals surface area contributed by atoms with E-state index < -0.39 is 0 Å². The number of amides is 1. The maximum Gasteiger partial charge on any atom is 0.251 e. The van der Waals surface area contributed by atoms with Crippen molar-refractivity contribution in [2.45, 2.75) is 19.3 Å². The molecule has 9 nitrogen and oxygen atoms in total. The van der Waals surface area contributed by atoms with Crippen LogP contribution in [0.5, 0.6) is 0 Å². The Labute approximate surface area is 179 Å². The Morgan fingerprint density at radius 2 is 2.00 bits per heavy atom. The van der Waals surface area contributed by atoms with E-state index in [4.69, 9.17) is 5.73 Å². The Morgan fingerprint density at radius 1 is 1.16 bits per heavy atom. The van der Waals surface area contributed by atoms with Gasteiger partial charge in [-0.2, -0.15) is 5.10 Å². The second-order valence-corrected chi connectivity index (χ2v) is 7.93. The van der Waals surface area contributed by atoms with Crippen LogP contribution in [0.1, 0.15) is 29.8 Å². The maximum atomic E-state index is 11.9. The molecule has 1 amide bonds. The van der Waals surface area contributed by atoms with Crippen molar-refractivity contribution in [1.29, 1.82) is 0 Å². The zero-order valence-corrected chi connectivity index (χ0v) is 17.6. The van der Waals surface area contributed by atoms with Crippen LogP contribution in [0.25, 0.3) is 22.3 Å². The summed E-state index contributed by atoms with van der Waals surface area (Å²) in [4.78, 5) is 16.2. The minimum absolute atomic E-state index is 0.100. The highest BCUT2D eigenvalue weighted by Gasteiger charge is 2.22. The van der Waals surface area contributed by atoms with Crippen LogP contribution in [0.4, 0.5) is 11.6 Å². The Kier molecular flexibility index (Phi) is 5.24. The van der Waals surface area contributed by atoms with Crippen LogP contribution < -0.4 is 16.4 Å². The number of carbonyl (C=O) groups is 1. The van der Waals surface area contributed by atoms with Crippen LogP contribution in [0, 0.1) is 0 Å². The maximum absolute atomic E-state index is 11.9. The van der Waals surface area contributed by atoms with Gasteiger partial charge in [0.25, 0.3) is 5.91 Å². The van der Waals surface area contributed by atoms with Crippen molar-refractivity contribution >= 4 is 28.6 Å². The van der Waals surface area contributed by atoms with Gasteiger partial charge in [0, 0.05) is 36.3 Å². The number of nitrogens with two attached hydrogens (primary N) is 1. The summed E-state index contributed by atoms with van der Waals surface area (Å²) in [7, 11) is 1.63. The third-order valence-electron chi connectivity index (χ3n) is 5.24. The van der Waals surface area contributed by atoms with E-state index in [1.807, 2.05) is 36.4 Å². The van der Waals surface area contributed by atoms with Crippen LogP contribution in [0.15, 0.2) is 48.7 Å². The third kappa shape index (κ3) is 4.16. The van der Waals surface area contributed by atoms with Gasteiger partial charge in [0.05, 0.1) is 11.1 Å². The van der Waals surface area contributed by atoms with Gasteiger partial charge in [-0.25, -0.2) is 4.98 Å². The number of H-pyrrole nitrogens is 1. The number of pyridine rings is 1. The normalized spacial score (nSPS) is 11.5. The lowest BCUT2D eigenvalue weighted by Crippen LogP contribution is -2.28. The summed E-state index contributed by atoms with van der Waals surface area (Å²) < 4.78 is 0. The predicted octanol–water partition coefficient (Wildman–Crippen LogP) is 2.75. The molecule has 0 atom stereocenters. The Morgan fingerprint density at radius 3 is 2.74 bits per heavy atom. The second kappa shape index (κ2) is 8.02. The van der Waals surface area contributed by atoms with Crippen molar-refractivity contribution < 1.29 is 4.79 Å². The van der Waals surface area contributed by atoms with Crippen molar-refractivity contribution in [3.8, 4) is 11.3 Å². The van der Waals surface area contributed by atoms with Crippen molar-refractivity contribution in [2.24, 2.45) is 0 Å². The highest BCUT2D eigenvalue weighted by Crippen LogP contribution is 2.26. The number of aromatic amines is 1. The Balaban J connectivity index is 1.47. The average molecular weight is 416 g/mol. The summed E-state index contributed by atoms with van der Waals surface area (Å²) in [5.41, 5.74) is 9.43. The summed E-state index contributed by atoms with van der Waals surface area (Å²) in [5.74, 6) is 1.03. The van der Waals surface area contributed by atoms with Gasteiger partial charge in [0.2, 0.25) is 0 Å². The molecule has 4 aromatic rings. The molecule has 0 aliphatic rings. The molecule has 5 N–H and O–H groups in total. The van der Waals surface area contributed by atoms with Crippen LogP contribution in [-0.2, 0) is 5.41 Å². The SMILES string of the molecule is CNC(=O)c1cccc(C(C)(C)CNc2ccc(-c3cnc4n[nH]c(N)c4c3)nn2)c1. The van der Waals surface area contributed by atoms with Gasteiger partial charge in [0.1, 0.15) is 11.6 Å². The van der Waals surface area contributed by atoms with E-state index in [1.165, 1.54) is 0 Å². The smallest absolute Gasteiger partial charge is 0.251 e. The van der Waals surface area contributed by atoms with Gasteiger partial charge < -0.3 is 16.4 Å². The molecule has 31 heavy (non-hydrogen) atoms. The van der Waals surface area contributed by atoms with Gasteiger partial charge in [-0.15, -0.1) is 10.2 Å². The number of nitrogens with one attached hydrogen (secondary N) is 3. The van der Waals surface area contributed by atoms with Gasteiger partial charge >= 0.3 is 0 Å². The lowest BCUT2D eigenvalue weighted by Gasteiger charge is -2.26. The number of benzene rings is 1. The lowest BCUT2D eigenvalue weighted by atomic mass is 9.83. The number of hydrogen-bond donors (Lipinski definition) is 4. The zero-order chi connectivity index (χ0) is 22.0. The highest BCUT2D eigenvalue weighted by atomic mass is 16.1. The molecule has 4 rings (SSSR count). The summed E-state index contributed by atoms with van der Waals surface area (Å²) >= 11 is 0. The first kappa shape index (κ1) is 20.3. The van der Waals surface area contributed by atoms with Crippen LogP contribution in [0.2, 0.25) is 0 Å². The van der Waals surface area contributed by atoms with Gasteiger partial charge in [-0.1, -0.05) is 26.0 Å². The van der Waals surface area contributed by atoms with E-state index in [-0.39, 0.29) is 11.3 Å². The molecule has 9 heteroatoms. The molecule has 0 radical (unpaired) electrons. The van der Waals surface area contributed by atoms with E-state index in [9.17, 15) is 4.79 Å². The molecule has 0 bridgehead atoms. The number of anilines is 2. The van der Waals surface area contributed by atoms with E-state index in [1.54, 1.807) is 19.3 Å². The van der Waals surface area contributed by atoms with Gasteiger partial charge in [-0.3, -0.25) is 9.89 Å². The number of fused-ring (bicyclic) bond motifs is 1. The fraction of sp³-hybridized carbons (Fsp3) is 0.227. The standard InChI is InChI=1S/C22H24N8O/c1-22(2,15-6-4-5-13(9-15)21(31)24-3)12-26-18-8-7-17(27-28-18)14-10-16-19(23)29-30-20(16)25-11-14/h4-11H,12H2,1-3H3,(H,24,31)(H,26,28)(H3,23,25,29,30). The van der Waals surface area contributed by atoms with Crippen molar-refractivity contribution in [2.75, 3.05) is 24.6 Å². The first-order valence-electron chi connectivity index (χ1n) is 9.87. The van der Waals surface area contributed by atoms with Crippen LogP contribution in [0.3, 0.4) is 0 Å². The summed E-state index contributed by atoms with van der Waals surface area (Å²) in [6.07, 6.45) is 1.70. The fourth-order valence-corrected chi connectivity index (χ4v) is 3.28. The van der Waals surface area contributed by atoms with Crippen molar-refractivity contribution in [3.05, 3.63) is 59.8 Å². The molecule has 0 aliphatic heterocycles. The van der Waals surface area contributed by atoms with Crippen LogP contribution >= 0.6 is 0 Å². The highest BCUT2D eigenvalue weighted by molar-refractivity contribution is 5.94. The predicted molar refractivity (Wildman–Crippen MR) is 121 cm³/mol. The molecular weight excluding hydrogens is 392 g/mol. The average Bonchev–Trinajstić information content (AvgIpc) is 3.17. The molecule has 0 fully saturated rings. The summed E-state index contributed by atoms with van der Waals surface area (Å²) in [5, 5.41) is 22.1. The Hall–Kier alpha value is -4.01. The van der Waals surface area contributed by atoms with Gasteiger partial charge in [0.15, 0.2) is 5.65 Å². The minimum atomic E-state index is -0.224. The molecule has 0 spiro atoms. The fourth-order valence-electron chi connectivity index (χ4n) is 3.28. The monoisotopic (exact) mass is 416 g/mol. The van der Waals surface area contributed by atoms with E-state index in [2.05, 4.69) is 49.9 Å². The number of nitrogen functional groups attached to an aromatic ring is 1. The number of hydrogen-bond acceptors (Lipinski definition) is 7. The van der Waals surface area contributed by atoms with Crippen molar-refractivity contribution in [1.82, 2.24) is 30.7 Å². The quantitative estimate of drug-likeness (QED) is 0.380. The molecule has 1 aromatic carbocycles. The number of aromatic nitrogens is 5. The van der Waals surface area contributed by atoms with E-state index >= 15 is 0 Å². The summed E-state index contributed by atoms with van der Waals surface area (Å²) in [6.45, 7) is 4.85. The number of carbonyl (C=O) groups excluding carboxylic acids is 1. The van der Waals surface area contributed by atoms with E-state index in [0.717, 1.165) is 16.5 Å². The zero-order valence-electron chi connectivity index (χ0n) is 17.6. The first-order chi connectivity index (χ1) is 14.9. The first-order valence-corrected chi connectivity index (χ1v) is 9.87. The molecule has 3 aromatic heterocycles. The van der Waals surface area contributed by atoms with Crippen molar-refractivity contribution in [3.63, 3.8) is 0 Å². The van der Waals surface area contributed by atoms with Crippen LogP contribution in [-0.4, -0.2) is 44.9 Å².